The molecule has 1 N–H and O–H groups in total. The normalized spacial score (nSPS) is 10.3. The van der Waals surface area contributed by atoms with Crippen LogP contribution in [0.4, 0.5) is 11.5 Å². The van der Waals surface area contributed by atoms with Crippen molar-refractivity contribution in [2.75, 3.05) is 5.32 Å². The summed E-state index contributed by atoms with van der Waals surface area (Å²) in [5.74, 6) is 0.697. The standard InChI is InChI=1S/C9H8ClN5O3/c1-5-2-6(14-18-5)3-11-9-7(15(16)17)8(10)12-4-13-9/h2,4H,3H2,1H3,(H,11,12,13). The van der Waals surface area contributed by atoms with Crippen molar-refractivity contribution in [2.45, 2.75) is 13.5 Å². The van der Waals surface area contributed by atoms with Gasteiger partial charge in [-0.1, -0.05) is 16.8 Å². The Morgan fingerprint density at radius 1 is 1.56 bits per heavy atom. The number of halogens is 1. The molecule has 0 spiro atoms. The summed E-state index contributed by atoms with van der Waals surface area (Å²) in [6.45, 7) is 1.99. The summed E-state index contributed by atoms with van der Waals surface area (Å²) < 4.78 is 4.87. The number of hydrogen-bond acceptors (Lipinski definition) is 7. The Bertz CT molecular complexity index is 585. The molecule has 0 saturated heterocycles. The highest BCUT2D eigenvalue weighted by Gasteiger charge is 2.21. The number of rotatable bonds is 4. The van der Waals surface area contributed by atoms with Gasteiger partial charge in [0.15, 0.2) is 0 Å². The first-order chi connectivity index (χ1) is 8.58. The molecular weight excluding hydrogens is 262 g/mol. The number of nitrogens with zero attached hydrogens (tertiary/aromatic N) is 4. The van der Waals surface area contributed by atoms with Crippen LogP contribution < -0.4 is 5.32 Å². The van der Waals surface area contributed by atoms with Gasteiger partial charge in [0.1, 0.15) is 17.8 Å². The largest absolute Gasteiger partial charge is 0.361 e. The smallest absolute Gasteiger partial charge is 0.348 e. The summed E-state index contributed by atoms with van der Waals surface area (Å²) in [4.78, 5) is 17.5. The lowest BCUT2D eigenvalue weighted by atomic mass is 10.3. The van der Waals surface area contributed by atoms with E-state index in [9.17, 15) is 10.1 Å². The lowest BCUT2D eigenvalue weighted by molar-refractivity contribution is -0.384. The zero-order valence-electron chi connectivity index (χ0n) is 9.25. The quantitative estimate of drug-likeness (QED) is 0.513. The molecule has 2 heterocycles. The van der Waals surface area contributed by atoms with Gasteiger partial charge in [-0.2, -0.15) is 0 Å². The van der Waals surface area contributed by atoms with E-state index in [4.69, 9.17) is 16.1 Å². The molecule has 0 amide bonds. The molecule has 2 aromatic heterocycles. The van der Waals surface area contributed by atoms with Crippen LogP contribution in [0.2, 0.25) is 5.15 Å². The minimum absolute atomic E-state index is 0.0423. The van der Waals surface area contributed by atoms with Crippen molar-refractivity contribution >= 4 is 23.1 Å². The third kappa shape index (κ3) is 2.54. The highest BCUT2D eigenvalue weighted by molar-refractivity contribution is 6.31. The number of aryl methyl sites for hydroxylation is 1. The Kier molecular flexibility index (Phi) is 3.38. The van der Waals surface area contributed by atoms with Gasteiger partial charge in [-0.15, -0.1) is 0 Å². The Labute approximate surface area is 106 Å². The van der Waals surface area contributed by atoms with Gasteiger partial charge < -0.3 is 9.84 Å². The van der Waals surface area contributed by atoms with Crippen LogP contribution in [0.15, 0.2) is 16.9 Å². The second-order valence-corrected chi connectivity index (χ2v) is 3.76. The number of anilines is 1. The minimum atomic E-state index is -0.640. The molecule has 0 aliphatic carbocycles. The van der Waals surface area contributed by atoms with E-state index >= 15 is 0 Å². The van der Waals surface area contributed by atoms with E-state index in [2.05, 4.69) is 20.4 Å². The fourth-order valence-electron chi connectivity index (χ4n) is 1.32. The molecule has 0 atom stereocenters. The molecule has 2 rings (SSSR count). The van der Waals surface area contributed by atoms with Crippen LogP contribution in [-0.4, -0.2) is 20.0 Å². The average Bonchev–Trinajstić information content (AvgIpc) is 2.72. The maximum absolute atomic E-state index is 10.8. The molecule has 9 heteroatoms. The SMILES string of the molecule is Cc1cc(CNc2ncnc(Cl)c2[N+](=O)[O-])no1. The summed E-state index contributed by atoms with van der Waals surface area (Å²) in [5.41, 5.74) is 0.246. The van der Waals surface area contributed by atoms with E-state index in [1.807, 2.05) is 0 Å². The molecule has 2 aromatic rings. The average molecular weight is 270 g/mol. The van der Waals surface area contributed by atoms with E-state index in [0.29, 0.717) is 11.5 Å². The van der Waals surface area contributed by atoms with E-state index in [-0.39, 0.29) is 23.2 Å². The van der Waals surface area contributed by atoms with Crippen LogP contribution in [0, 0.1) is 17.0 Å². The molecular formula is C9H8ClN5O3. The highest BCUT2D eigenvalue weighted by Crippen LogP contribution is 2.28. The first-order valence-electron chi connectivity index (χ1n) is 4.89. The number of aromatic nitrogens is 3. The predicted octanol–water partition coefficient (Wildman–Crippen LogP) is 1.95. The third-order valence-electron chi connectivity index (χ3n) is 2.07. The molecule has 18 heavy (non-hydrogen) atoms. The van der Waals surface area contributed by atoms with Gasteiger partial charge in [0.05, 0.1) is 11.5 Å². The van der Waals surface area contributed by atoms with Crippen LogP contribution in [0.1, 0.15) is 11.5 Å². The Hall–Kier alpha value is -2.22. The highest BCUT2D eigenvalue weighted by atomic mass is 35.5. The zero-order chi connectivity index (χ0) is 13.1. The number of nitro groups is 1. The Morgan fingerprint density at radius 2 is 2.33 bits per heavy atom. The number of hydrogen-bond donors (Lipinski definition) is 1. The third-order valence-corrected chi connectivity index (χ3v) is 2.35. The van der Waals surface area contributed by atoms with E-state index in [0.717, 1.165) is 6.33 Å². The monoisotopic (exact) mass is 269 g/mol. The molecule has 8 nitrogen and oxygen atoms in total. The molecule has 0 aliphatic rings. The van der Waals surface area contributed by atoms with Crippen LogP contribution in [0.25, 0.3) is 0 Å². The van der Waals surface area contributed by atoms with Gasteiger partial charge in [0, 0.05) is 6.07 Å². The molecule has 0 unspecified atom stereocenters. The first kappa shape index (κ1) is 12.2. The molecule has 0 aromatic carbocycles. The minimum Gasteiger partial charge on any atom is -0.361 e. The van der Waals surface area contributed by atoms with Crippen molar-refractivity contribution in [3.05, 3.63) is 39.1 Å². The lowest BCUT2D eigenvalue weighted by Crippen LogP contribution is -2.06. The van der Waals surface area contributed by atoms with Crippen molar-refractivity contribution in [3.63, 3.8) is 0 Å². The fourth-order valence-corrected chi connectivity index (χ4v) is 1.53. The summed E-state index contributed by atoms with van der Waals surface area (Å²) in [5, 5.41) is 17.1. The second-order valence-electron chi connectivity index (χ2n) is 3.40. The molecule has 0 radical (unpaired) electrons. The van der Waals surface area contributed by atoms with Crippen molar-refractivity contribution in [2.24, 2.45) is 0 Å². The van der Waals surface area contributed by atoms with Crippen molar-refractivity contribution in [1.82, 2.24) is 15.1 Å². The van der Waals surface area contributed by atoms with Gasteiger partial charge in [-0.05, 0) is 6.92 Å². The Balaban J connectivity index is 2.19. The van der Waals surface area contributed by atoms with Crippen LogP contribution in [0.5, 0.6) is 0 Å². The van der Waals surface area contributed by atoms with E-state index in [1.54, 1.807) is 13.0 Å². The van der Waals surface area contributed by atoms with Gasteiger partial charge in [0.2, 0.25) is 11.0 Å². The van der Waals surface area contributed by atoms with Crippen molar-refractivity contribution < 1.29 is 9.45 Å². The summed E-state index contributed by atoms with van der Waals surface area (Å²) >= 11 is 5.64. The van der Waals surface area contributed by atoms with Gasteiger partial charge >= 0.3 is 5.69 Å². The van der Waals surface area contributed by atoms with E-state index < -0.39 is 4.92 Å². The van der Waals surface area contributed by atoms with Crippen LogP contribution >= 0.6 is 11.6 Å². The summed E-state index contributed by atoms with van der Waals surface area (Å²) in [7, 11) is 0. The van der Waals surface area contributed by atoms with Gasteiger partial charge in [-0.3, -0.25) is 10.1 Å². The molecule has 0 fully saturated rings. The van der Waals surface area contributed by atoms with Gasteiger partial charge in [-0.25, -0.2) is 9.97 Å². The zero-order valence-corrected chi connectivity index (χ0v) is 10.0. The molecule has 0 saturated carbocycles. The number of nitrogens with one attached hydrogen (secondary N) is 1. The van der Waals surface area contributed by atoms with Crippen LogP contribution in [-0.2, 0) is 6.54 Å². The maximum atomic E-state index is 10.8. The Morgan fingerprint density at radius 3 is 2.94 bits per heavy atom. The molecule has 0 bridgehead atoms. The maximum Gasteiger partial charge on any atom is 0.348 e. The summed E-state index contributed by atoms with van der Waals surface area (Å²) in [6.07, 6.45) is 1.14. The lowest BCUT2D eigenvalue weighted by Gasteiger charge is -2.03. The molecule has 94 valence electrons. The van der Waals surface area contributed by atoms with Crippen molar-refractivity contribution in [1.29, 1.82) is 0 Å². The predicted molar refractivity (Wildman–Crippen MR) is 62.3 cm³/mol. The van der Waals surface area contributed by atoms with Crippen molar-refractivity contribution in [3.8, 4) is 0 Å². The topological polar surface area (TPSA) is 107 Å². The molecule has 0 aliphatic heterocycles. The second kappa shape index (κ2) is 4.96. The summed E-state index contributed by atoms with van der Waals surface area (Å²) in [6, 6.07) is 1.71. The van der Waals surface area contributed by atoms with Gasteiger partial charge in [0.25, 0.3) is 0 Å². The van der Waals surface area contributed by atoms with Crippen LogP contribution in [0.3, 0.4) is 0 Å². The van der Waals surface area contributed by atoms with E-state index in [1.165, 1.54) is 0 Å². The first-order valence-corrected chi connectivity index (χ1v) is 5.26. The fraction of sp³-hybridized carbons (Fsp3) is 0.222.